The molecule has 1 saturated carbocycles. The van der Waals surface area contributed by atoms with Crippen LogP contribution in [0.3, 0.4) is 0 Å². The van der Waals surface area contributed by atoms with Gasteiger partial charge in [-0.1, -0.05) is 25.0 Å². The zero-order valence-electron chi connectivity index (χ0n) is 21.8. The second-order valence-electron chi connectivity index (χ2n) is 9.97. The van der Waals surface area contributed by atoms with Crippen molar-refractivity contribution in [1.82, 2.24) is 35.1 Å². The summed E-state index contributed by atoms with van der Waals surface area (Å²) in [5, 5.41) is 10.6. The summed E-state index contributed by atoms with van der Waals surface area (Å²) < 4.78 is 5.41. The molecule has 0 spiro atoms. The Morgan fingerprint density at radius 2 is 1.93 bits per heavy atom. The summed E-state index contributed by atoms with van der Waals surface area (Å²) in [5.74, 6) is 1.47. The van der Waals surface area contributed by atoms with Crippen LogP contribution in [0.25, 0.3) is 56.1 Å². The van der Waals surface area contributed by atoms with Gasteiger partial charge >= 0.3 is 0 Å². The van der Waals surface area contributed by atoms with Crippen LogP contribution in [-0.4, -0.2) is 48.1 Å². The lowest BCUT2D eigenvalue weighted by molar-refractivity contribution is -0.119. The molecule has 0 unspecified atom stereocenters. The van der Waals surface area contributed by atoms with Crippen molar-refractivity contribution < 1.29 is 9.53 Å². The predicted molar refractivity (Wildman–Crippen MR) is 153 cm³/mol. The van der Waals surface area contributed by atoms with E-state index in [0.717, 1.165) is 59.2 Å². The van der Waals surface area contributed by atoms with Crippen LogP contribution >= 0.6 is 0 Å². The first kappa shape index (κ1) is 24.0. The van der Waals surface area contributed by atoms with Gasteiger partial charge < -0.3 is 15.0 Å². The maximum Gasteiger partial charge on any atom is 0.227 e. The summed E-state index contributed by atoms with van der Waals surface area (Å²) in [5.41, 5.74) is 7.53. The summed E-state index contributed by atoms with van der Waals surface area (Å²) in [7, 11) is 1.65. The van der Waals surface area contributed by atoms with Gasteiger partial charge in [-0.2, -0.15) is 5.10 Å². The molecule has 1 aliphatic rings. The van der Waals surface area contributed by atoms with Crippen molar-refractivity contribution >= 4 is 33.8 Å². The number of methoxy groups -OCH3 is 1. The minimum absolute atomic E-state index is 0.0591. The van der Waals surface area contributed by atoms with E-state index < -0.39 is 0 Å². The van der Waals surface area contributed by atoms with Crippen molar-refractivity contribution in [3.63, 3.8) is 0 Å². The Morgan fingerprint density at radius 1 is 1.02 bits per heavy atom. The smallest absolute Gasteiger partial charge is 0.227 e. The molecule has 1 aromatic carbocycles. The van der Waals surface area contributed by atoms with Crippen LogP contribution in [-0.2, 0) is 4.79 Å². The highest BCUT2D eigenvalue weighted by Gasteiger charge is 2.23. The molecular formula is C30H26N8O2. The number of benzene rings is 1. The van der Waals surface area contributed by atoms with Gasteiger partial charge in [-0.3, -0.25) is 14.9 Å². The number of hydrogen-bond acceptors (Lipinski definition) is 7. The molecule has 5 heterocycles. The van der Waals surface area contributed by atoms with Crippen LogP contribution in [0.4, 0.5) is 5.69 Å². The third-order valence-electron chi connectivity index (χ3n) is 7.43. The molecular weight excluding hydrogens is 504 g/mol. The van der Waals surface area contributed by atoms with Crippen molar-refractivity contribution in [2.75, 3.05) is 12.4 Å². The molecule has 0 atom stereocenters. The van der Waals surface area contributed by atoms with Crippen LogP contribution in [0.1, 0.15) is 25.7 Å². The Bertz CT molecular complexity index is 1870. The number of carbonyl (C=O) groups excluding carboxylic acids is 1. The fraction of sp³-hybridized carbons (Fsp3) is 0.200. The first-order valence-electron chi connectivity index (χ1n) is 13.3. The molecule has 10 nitrogen and oxygen atoms in total. The van der Waals surface area contributed by atoms with Crippen molar-refractivity contribution in [3.05, 3.63) is 67.1 Å². The minimum Gasteiger partial charge on any atom is -0.497 e. The Morgan fingerprint density at radius 3 is 2.80 bits per heavy atom. The van der Waals surface area contributed by atoms with Gasteiger partial charge in [0.25, 0.3) is 0 Å². The summed E-state index contributed by atoms with van der Waals surface area (Å²) in [6, 6.07) is 15.6. The number of amides is 1. The molecule has 0 aliphatic heterocycles. The Balaban J connectivity index is 1.24. The van der Waals surface area contributed by atoms with E-state index in [0.29, 0.717) is 34.1 Å². The molecule has 1 fully saturated rings. The van der Waals surface area contributed by atoms with E-state index in [1.807, 2.05) is 48.5 Å². The van der Waals surface area contributed by atoms with Crippen LogP contribution in [0.5, 0.6) is 5.75 Å². The Labute approximate surface area is 229 Å². The van der Waals surface area contributed by atoms with Crippen LogP contribution in [0.2, 0.25) is 0 Å². The standard InChI is InChI=1S/C30H26N8O2/c1-40-21-8-4-7-18(14-21)22-11-12-32-28-25(22)35-29(36-28)27-26-24(37-38-27)10-9-23(34-26)19-13-20(16-31-15-19)33-30(39)17-5-2-3-6-17/h4,7-17H,2-3,5-6H2,1H3,(H,33,39)(H,37,38)(H,32,35,36). The van der Waals surface area contributed by atoms with E-state index in [4.69, 9.17) is 14.7 Å². The number of imidazole rings is 1. The minimum atomic E-state index is 0.0591. The van der Waals surface area contributed by atoms with Crippen LogP contribution in [0, 0.1) is 5.92 Å². The lowest BCUT2D eigenvalue weighted by Crippen LogP contribution is -2.20. The number of ether oxygens (including phenoxy) is 1. The van der Waals surface area contributed by atoms with E-state index >= 15 is 0 Å². The second kappa shape index (κ2) is 9.88. The third kappa shape index (κ3) is 4.33. The van der Waals surface area contributed by atoms with Gasteiger partial charge in [0.05, 0.1) is 35.7 Å². The topological polar surface area (TPSA) is 134 Å². The average Bonchev–Trinajstić information content (AvgIpc) is 3.76. The number of aromatic amines is 2. The number of nitrogens with one attached hydrogen (secondary N) is 3. The molecule has 1 amide bonds. The van der Waals surface area contributed by atoms with E-state index in [1.54, 1.807) is 25.7 Å². The van der Waals surface area contributed by atoms with Gasteiger partial charge in [0.2, 0.25) is 5.91 Å². The lowest BCUT2D eigenvalue weighted by atomic mass is 10.1. The first-order valence-corrected chi connectivity index (χ1v) is 13.3. The van der Waals surface area contributed by atoms with Crippen molar-refractivity contribution in [2.24, 2.45) is 5.92 Å². The normalized spacial score (nSPS) is 13.7. The highest BCUT2D eigenvalue weighted by atomic mass is 16.5. The van der Waals surface area contributed by atoms with Crippen LogP contribution < -0.4 is 10.1 Å². The van der Waals surface area contributed by atoms with E-state index in [-0.39, 0.29) is 11.8 Å². The monoisotopic (exact) mass is 530 g/mol. The number of pyridine rings is 3. The summed E-state index contributed by atoms with van der Waals surface area (Å²) in [6.45, 7) is 0. The molecule has 7 rings (SSSR count). The van der Waals surface area contributed by atoms with Crippen molar-refractivity contribution in [1.29, 1.82) is 0 Å². The number of anilines is 1. The van der Waals surface area contributed by atoms with Gasteiger partial charge in [0.15, 0.2) is 17.2 Å². The number of aromatic nitrogens is 7. The maximum absolute atomic E-state index is 12.6. The summed E-state index contributed by atoms with van der Waals surface area (Å²) in [4.78, 5) is 34.5. The summed E-state index contributed by atoms with van der Waals surface area (Å²) in [6.07, 6.45) is 9.25. The second-order valence-corrected chi connectivity index (χ2v) is 9.97. The molecule has 0 bridgehead atoms. The number of hydrogen-bond donors (Lipinski definition) is 3. The molecule has 10 heteroatoms. The van der Waals surface area contributed by atoms with Gasteiger partial charge in [0.1, 0.15) is 11.3 Å². The van der Waals surface area contributed by atoms with Gasteiger partial charge in [-0.15, -0.1) is 0 Å². The maximum atomic E-state index is 12.6. The number of H-pyrrole nitrogens is 2. The van der Waals surface area contributed by atoms with Gasteiger partial charge in [-0.25, -0.2) is 15.0 Å². The van der Waals surface area contributed by atoms with Crippen molar-refractivity contribution in [2.45, 2.75) is 25.7 Å². The Hall–Kier alpha value is -5.12. The fourth-order valence-corrected chi connectivity index (χ4v) is 5.36. The van der Waals surface area contributed by atoms with Crippen molar-refractivity contribution in [3.8, 4) is 39.7 Å². The SMILES string of the molecule is COc1cccc(-c2ccnc3nc(-c4n[nH]c5ccc(-c6cncc(NC(=O)C7CCCC7)c6)nc45)[nH]c23)c1. The Kier molecular flexibility index (Phi) is 5.92. The number of fused-ring (bicyclic) bond motifs is 2. The number of carbonyl (C=O) groups is 1. The van der Waals surface area contributed by atoms with Gasteiger partial charge in [0, 0.05) is 29.4 Å². The predicted octanol–water partition coefficient (Wildman–Crippen LogP) is 5.76. The lowest BCUT2D eigenvalue weighted by Gasteiger charge is -2.11. The largest absolute Gasteiger partial charge is 0.497 e. The molecule has 198 valence electrons. The highest BCUT2D eigenvalue weighted by Crippen LogP contribution is 2.32. The van der Waals surface area contributed by atoms with E-state index in [9.17, 15) is 4.79 Å². The molecule has 0 radical (unpaired) electrons. The van der Waals surface area contributed by atoms with E-state index in [2.05, 4.69) is 30.5 Å². The zero-order chi connectivity index (χ0) is 27.1. The van der Waals surface area contributed by atoms with Crippen LogP contribution in [0.15, 0.2) is 67.1 Å². The molecule has 0 saturated heterocycles. The fourth-order valence-electron chi connectivity index (χ4n) is 5.36. The van der Waals surface area contributed by atoms with E-state index in [1.165, 1.54) is 0 Å². The first-order chi connectivity index (χ1) is 19.7. The molecule has 3 N–H and O–H groups in total. The zero-order valence-corrected chi connectivity index (χ0v) is 21.8. The highest BCUT2D eigenvalue weighted by molar-refractivity contribution is 5.95. The van der Waals surface area contributed by atoms with Gasteiger partial charge in [-0.05, 0) is 54.8 Å². The third-order valence-corrected chi connectivity index (χ3v) is 7.43. The molecule has 6 aromatic rings. The summed E-state index contributed by atoms with van der Waals surface area (Å²) >= 11 is 0. The molecule has 40 heavy (non-hydrogen) atoms. The average molecular weight is 531 g/mol. The quantitative estimate of drug-likeness (QED) is 0.249. The molecule has 5 aromatic heterocycles. The molecule has 1 aliphatic carbocycles. The number of rotatable bonds is 6. The number of nitrogens with zero attached hydrogens (tertiary/aromatic N) is 5.